The quantitative estimate of drug-likeness (QED) is 0.259. The van der Waals surface area contributed by atoms with E-state index in [1.807, 2.05) is 0 Å². The van der Waals surface area contributed by atoms with Crippen molar-refractivity contribution in [1.82, 2.24) is 30.6 Å². The number of aromatic nitrogens is 4. The van der Waals surface area contributed by atoms with E-state index in [0.29, 0.717) is 11.3 Å². The number of ether oxygens (including phenoxy) is 2. The zero-order valence-electron chi connectivity index (χ0n) is 22.6. The van der Waals surface area contributed by atoms with Crippen molar-refractivity contribution in [2.24, 2.45) is 5.92 Å². The molecule has 3 amide bonds. The topological polar surface area (TPSA) is 174 Å². The molecule has 1 aliphatic carbocycles. The molecule has 0 bridgehead atoms. The van der Waals surface area contributed by atoms with Gasteiger partial charge < -0.3 is 34.8 Å². The van der Waals surface area contributed by atoms with Gasteiger partial charge in [0.05, 0.1) is 54.1 Å². The van der Waals surface area contributed by atoms with Crippen molar-refractivity contribution in [1.29, 1.82) is 0 Å². The number of carbonyl (C=O) groups excluding carboxylic acids is 3. The highest BCUT2D eigenvalue weighted by molar-refractivity contribution is 6.60. The zero-order chi connectivity index (χ0) is 29.7. The molecule has 1 aromatic carbocycles. The van der Waals surface area contributed by atoms with Crippen LogP contribution in [0.1, 0.15) is 29.2 Å². The van der Waals surface area contributed by atoms with Crippen LogP contribution in [0.4, 0.5) is 17.2 Å². The summed E-state index contributed by atoms with van der Waals surface area (Å²) >= 11 is 0. The van der Waals surface area contributed by atoms with Crippen molar-refractivity contribution >= 4 is 58.5 Å². The van der Waals surface area contributed by atoms with E-state index in [9.17, 15) is 14.4 Å². The summed E-state index contributed by atoms with van der Waals surface area (Å²) in [6.45, 7) is 0.00873. The van der Waals surface area contributed by atoms with Gasteiger partial charge in [-0.05, 0) is 25.0 Å². The second kappa shape index (κ2) is 12.4. The van der Waals surface area contributed by atoms with Crippen molar-refractivity contribution in [3.05, 3.63) is 35.8 Å². The zero-order valence-corrected chi connectivity index (χ0v) is 22.6. The Hall–Kier alpha value is -4.40. The number of likely N-dealkylation sites (N-methyl/N-ethyl adjacent to an activating group) is 1. The number of amides is 3. The molecule has 1 aliphatic rings. The smallest absolute Gasteiger partial charge is 0.272 e. The lowest BCUT2D eigenvalue weighted by molar-refractivity contribution is -0.134. The molecular formula is C24H25B3N8O6. The molecule has 206 valence electrons. The van der Waals surface area contributed by atoms with Gasteiger partial charge in [-0.2, -0.15) is 4.98 Å². The van der Waals surface area contributed by atoms with Crippen LogP contribution < -0.4 is 20.7 Å². The van der Waals surface area contributed by atoms with E-state index in [0.717, 1.165) is 12.8 Å². The first-order chi connectivity index (χ1) is 19.5. The van der Waals surface area contributed by atoms with E-state index in [2.05, 4.69) is 36.3 Å². The molecule has 3 aromatic rings. The molecule has 6 radical (unpaired) electrons. The third-order valence-corrected chi connectivity index (χ3v) is 5.80. The van der Waals surface area contributed by atoms with Crippen LogP contribution in [0.3, 0.4) is 0 Å². The molecule has 4 rings (SSSR count). The third kappa shape index (κ3) is 7.63. The summed E-state index contributed by atoms with van der Waals surface area (Å²) in [4.78, 5) is 43.0. The number of methoxy groups -OCH3 is 2. The van der Waals surface area contributed by atoms with Crippen LogP contribution in [-0.4, -0.2) is 99.6 Å². The highest BCUT2D eigenvalue weighted by Crippen LogP contribution is 2.38. The Balaban J connectivity index is 1.65. The van der Waals surface area contributed by atoms with E-state index < -0.39 is 11.1 Å². The molecule has 3 N–H and O–H groups in total. The molecule has 1 saturated carbocycles. The molecule has 2 aromatic heterocycles. The predicted molar refractivity (Wildman–Crippen MR) is 149 cm³/mol. The normalized spacial score (nSPS) is 12.9. The first-order valence-electron chi connectivity index (χ1n) is 12.4. The van der Waals surface area contributed by atoms with Crippen LogP contribution in [0, 0.1) is 5.92 Å². The lowest BCUT2D eigenvalue weighted by atomic mass is 9.49. The molecule has 0 spiro atoms. The minimum absolute atomic E-state index is 0.0819. The SMILES string of the molecule is [B]C([B])([B])NC(=O)c1nnc(NC(=O)C2CC2)cc1Nc1cccc(-c2nc(CN(C)C(=O)COC)no2)c1OC. The monoisotopic (exact) mass is 554 g/mol. The van der Waals surface area contributed by atoms with E-state index in [-0.39, 0.29) is 65.5 Å². The van der Waals surface area contributed by atoms with Crippen molar-refractivity contribution in [3.63, 3.8) is 0 Å². The maximum Gasteiger partial charge on any atom is 0.272 e. The van der Waals surface area contributed by atoms with Crippen molar-refractivity contribution in [2.75, 3.05) is 38.5 Å². The van der Waals surface area contributed by atoms with Gasteiger partial charge in [0.15, 0.2) is 23.1 Å². The van der Waals surface area contributed by atoms with Crippen LogP contribution in [0.25, 0.3) is 11.5 Å². The van der Waals surface area contributed by atoms with Crippen LogP contribution in [-0.2, 0) is 20.9 Å². The van der Waals surface area contributed by atoms with Crippen molar-refractivity contribution in [3.8, 4) is 17.2 Å². The summed E-state index contributed by atoms with van der Waals surface area (Å²) in [5.41, 5.74) is 0.713. The number of anilines is 3. The highest BCUT2D eigenvalue weighted by Gasteiger charge is 2.30. The maximum atomic E-state index is 12.9. The second-order valence-electron chi connectivity index (χ2n) is 9.35. The summed E-state index contributed by atoms with van der Waals surface area (Å²) in [5, 5.41) is 17.8. The first-order valence-corrected chi connectivity index (χ1v) is 12.4. The largest absolute Gasteiger partial charge is 0.494 e. The Morgan fingerprint density at radius 2 is 1.90 bits per heavy atom. The summed E-state index contributed by atoms with van der Waals surface area (Å²) in [7, 11) is 21.0. The Bertz CT molecular complexity index is 1440. The fraction of sp³-hybridized carbons (Fsp3) is 0.375. The number of nitrogens with one attached hydrogen (secondary N) is 3. The maximum absolute atomic E-state index is 12.9. The van der Waals surface area contributed by atoms with Gasteiger partial charge in [-0.25, -0.2) is 0 Å². The van der Waals surface area contributed by atoms with Crippen LogP contribution in [0.5, 0.6) is 5.75 Å². The molecule has 0 aliphatic heterocycles. The van der Waals surface area contributed by atoms with E-state index in [1.165, 1.54) is 25.2 Å². The second-order valence-corrected chi connectivity index (χ2v) is 9.35. The lowest BCUT2D eigenvalue weighted by Gasteiger charge is -2.23. The number of rotatable bonds is 12. The van der Waals surface area contributed by atoms with Gasteiger partial charge >= 0.3 is 0 Å². The Morgan fingerprint density at radius 1 is 1.15 bits per heavy atom. The third-order valence-electron chi connectivity index (χ3n) is 5.80. The standard InChI is InChI=1S/C24H25B3N8O6/c1-35(18(36)11-39-2)10-17-30-23(41-34-17)13-5-4-6-14(20(13)40-3)28-15-9-16(29-21(37)12-7-8-12)32-33-19(15)22(38)31-24(25,26)27/h4-6,9,12H,7-8,10-11H2,1-3H3,(H,31,38)(H2,28,29,32,37). The summed E-state index contributed by atoms with van der Waals surface area (Å²) in [6.07, 6.45) is 1.58. The molecule has 0 unspecified atom stereocenters. The van der Waals surface area contributed by atoms with Crippen LogP contribution in [0.15, 0.2) is 28.8 Å². The number of hydrogen-bond acceptors (Lipinski definition) is 11. The average molecular weight is 554 g/mol. The molecule has 1 fully saturated rings. The van der Waals surface area contributed by atoms with Crippen LogP contribution in [0.2, 0.25) is 0 Å². The summed E-state index contributed by atoms with van der Waals surface area (Å²) in [6, 6.07) is 6.47. The van der Waals surface area contributed by atoms with Crippen molar-refractivity contribution < 1.29 is 28.4 Å². The molecule has 17 heteroatoms. The first kappa shape index (κ1) is 29.6. The van der Waals surface area contributed by atoms with Gasteiger partial charge in [0.1, 0.15) is 6.61 Å². The molecular weight excluding hydrogens is 529 g/mol. The minimum Gasteiger partial charge on any atom is -0.494 e. The molecule has 14 nitrogen and oxygen atoms in total. The summed E-state index contributed by atoms with van der Waals surface area (Å²) in [5.74, 6) is -0.585. The van der Waals surface area contributed by atoms with E-state index in [4.69, 9.17) is 37.5 Å². The van der Waals surface area contributed by atoms with Gasteiger partial charge in [0.2, 0.25) is 11.8 Å². The van der Waals surface area contributed by atoms with Gasteiger partial charge in [0, 0.05) is 26.1 Å². The number of carbonyl (C=O) groups is 3. The fourth-order valence-corrected chi connectivity index (χ4v) is 3.68. The van der Waals surface area contributed by atoms with Crippen molar-refractivity contribution in [2.45, 2.75) is 24.6 Å². The van der Waals surface area contributed by atoms with Gasteiger partial charge in [-0.1, -0.05) is 16.5 Å². The van der Waals surface area contributed by atoms with Crippen LogP contribution >= 0.6 is 0 Å². The van der Waals surface area contributed by atoms with E-state index >= 15 is 0 Å². The molecule has 0 atom stereocenters. The number of nitrogens with zero attached hydrogens (tertiary/aromatic N) is 5. The number of hydrogen-bond donors (Lipinski definition) is 3. The average Bonchev–Trinajstić information content (AvgIpc) is 3.67. The predicted octanol–water partition coefficient (Wildman–Crippen LogP) is 0.0787. The van der Waals surface area contributed by atoms with Gasteiger partial charge in [-0.15, -0.1) is 10.2 Å². The molecule has 0 saturated heterocycles. The fourth-order valence-electron chi connectivity index (χ4n) is 3.68. The lowest BCUT2D eigenvalue weighted by Crippen LogP contribution is -2.50. The van der Waals surface area contributed by atoms with Gasteiger partial charge in [-0.3, -0.25) is 14.4 Å². The Kier molecular flexibility index (Phi) is 8.96. The molecule has 2 heterocycles. The highest BCUT2D eigenvalue weighted by atomic mass is 16.5. The van der Waals surface area contributed by atoms with E-state index in [1.54, 1.807) is 25.2 Å². The Labute approximate surface area is 239 Å². The minimum atomic E-state index is -2.02. The summed E-state index contributed by atoms with van der Waals surface area (Å²) < 4.78 is 15.9. The number of para-hydroxylation sites is 1. The van der Waals surface area contributed by atoms with Gasteiger partial charge in [0.25, 0.3) is 11.8 Å². The molecule has 41 heavy (non-hydrogen) atoms. The Morgan fingerprint density at radius 3 is 2.56 bits per heavy atom. The number of benzene rings is 1.